The van der Waals surface area contributed by atoms with Crippen LogP contribution in [-0.2, 0) is 6.54 Å². The fraction of sp³-hybridized carbons (Fsp3) is 0.167. The van der Waals surface area contributed by atoms with Gasteiger partial charge in [0.2, 0.25) is 0 Å². The molecule has 0 atom stereocenters. The van der Waals surface area contributed by atoms with E-state index in [0.717, 1.165) is 6.07 Å². The van der Waals surface area contributed by atoms with Crippen LogP contribution in [0.2, 0.25) is 5.02 Å². The molecule has 0 aliphatic rings. The van der Waals surface area contributed by atoms with Gasteiger partial charge >= 0.3 is 0 Å². The smallest absolute Gasteiger partial charge is 0.182 e. The monoisotopic (exact) mass is 352 g/mol. The summed E-state index contributed by atoms with van der Waals surface area (Å²) in [5.74, 6) is -0.0727. The first-order valence-electron chi connectivity index (χ1n) is 6.57. The number of hydrogen-bond acceptors (Lipinski definition) is 8. The van der Waals surface area contributed by atoms with Gasteiger partial charge in [-0.2, -0.15) is 0 Å². The molecule has 0 saturated heterocycles. The Bertz CT molecular complexity index is 893. The number of aryl methyl sites for hydroxylation is 1. The van der Waals surface area contributed by atoms with Crippen LogP contribution in [0.15, 0.2) is 27.8 Å². The third kappa shape index (κ3) is 3.21. The Morgan fingerprint density at radius 2 is 2.29 bits per heavy atom. The second kappa shape index (κ2) is 6.68. The lowest BCUT2D eigenvalue weighted by Gasteiger charge is -2.04. The largest absolute Gasteiger partial charge is 0.290 e. The highest BCUT2D eigenvalue weighted by atomic mass is 35.5. The summed E-state index contributed by atoms with van der Waals surface area (Å²) in [5.41, 5.74) is 2.69. The fourth-order valence-electron chi connectivity index (χ4n) is 1.84. The quantitative estimate of drug-likeness (QED) is 0.408. The Morgan fingerprint density at radius 1 is 1.46 bits per heavy atom. The van der Waals surface area contributed by atoms with Crippen molar-refractivity contribution >= 4 is 23.1 Å². The van der Waals surface area contributed by atoms with Crippen molar-refractivity contribution in [3.63, 3.8) is 0 Å². The van der Waals surface area contributed by atoms with Gasteiger partial charge in [0.15, 0.2) is 11.5 Å². The van der Waals surface area contributed by atoms with Crippen LogP contribution in [-0.4, -0.2) is 41.6 Å². The van der Waals surface area contributed by atoms with E-state index in [4.69, 9.17) is 16.2 Å². The first-order valence-corrected chi connectivity index (χ1v) is 6.94. The van der Waals surface area contributed by atoms with Crippen molar-refractivity contribution in [1.29, 1.82) is 0 Å². The Labute approximate surface area is 138 Å². The molecule has 3 rings (SSSR count). The summed E-state index contributed by atoms with van der Waals surface area (Å²) in [4.78, 5) is 4.11. The van der Waals surface area contributed by atoms with Crippen LogP contribution in [0.5, 0.6) is 0 Å². The number of aliphatic imine (C=N–C) groups is 1. The molecule has 0 aliphatic carbocycles. The zero-order chi connectivity index (χ0) is 17.1. The number of amidine groups is 1. The average Bonchev–Trinajstić information content (AvgIpc) is 3.18. The number of hydrogen-bond donors (Lipinski definition) is 2. The van der Waals surface area contributed by atoms with E-state index in [2.05, 4.69) is 30.8 Å². The van der Waals surface area contributed by atoms with E-state index >= 15 is 0 Å². The lowest BCUT2D eigenvalue weighted by Crippen LogP contribution is -2.22. The molecule has 124 valence electrons. The molecule has 3 aromatic rings. The molecule has 0 saturated carbocycles. The Kier molecular flexibility index (Phi) is 4.44. The third-order valence-electron chi connectivity index (χ3n) is 3.04. The maximum Gasteiger partial charge on any atom is 0.182 e. The highest BCUT2D eigenvalue weighted by Gasteiger charge is 2.18. The van der Waals surface area contributed by atoms with Crippen LogP contribution >= 0.6 is 11.6 Å². The molecule has 0 fully saturated rings. The van der Waals surface area contributed by atoms with Crippen molar-refractivity contribution in [2.75, 3.05) is 0 Å². The molecule has 2 N–H and O–H groups in total. The maximum absolute atomic E-state index is 13.2. The summed E-state index contributed by atoms with van der Waals surface area (Å²) in [6.07, 6.45) is 0. The summed E-state index contributed by atoms with van der Waals surface area (Å²) in [6.45, 7) is 1.87. The molecule has 0 radical (unpaired) electrons. The highest BCUT2D eigenvalue weighted by molar-refractivity contribution is 6.31. The van der Waals surface area contributed by atoms with Crippen molar-refractivity contribution in [1.82, 2.24) is 36.0 Å². The van der Waals surface area contributed by atoms with Crippen LogP contribution in [0.4, 0.5) is 10.1 Å². The molecule has 0 aliphatic heterocycles. The first kappa shape index (κ1) is 16.0. The van der Waals surface area contributed by atoms with Gasteiger partial charge in [0, 0.05) is 0 Å². The van der Waals surface area contributed by atoms with Crippen molar-refractivity contribution in [3.05, 3.63) is 46.3 Å². The fourth-order valence-corrected chi connectivity index (χ4v) is 2.02. The number of aromatic nitrogens is 6. The molecule has 2 aromatic heterocycles. The van der Waals surface area contributed by atoms with E-state index in [9.17, 15) is 9.60 Å². The summed E-state index contributed by atoms with van der Waals surface area (Å²) in [7, 11) is 0. The SMILES string of the molecule is Cc1nnnn1Cc1nonc1C(=Nc1ccc(F)c(Cl)c1)NO. The van der Waals surface area contributed by atoms with E-state index in [1.165, 1.54) is 16.8 Å². The van der Waals surface area contributed by atoms with Gasteiger partial charge in [-0.25, -0.2) is 18.7 Å². The van der Waals surface area contributed by atoms with E-state index in [1.54, 1.807) is 6.92 Å². The average molecular weight is 353 g/mol. The molecule has 12 heteroatoms. The molecule has 0 unspecified atom stereocenters. The number of rotatable bonds is 4. The van der Waals surface area contributed by atoms with Crippen LogP contribution in [0.3, 0.4) is 0 Å². The number of nitrogens with one attached hydrogen (secondary N) is 1. The van der Waals surface area contributed by atoms with Gasteiger partial charge in [-0.1, -0.05) is 16.8 Å². The zero-order valence-electron chi connectivity index (χ0n) is 12.2. The summed E-state index contributed by atoms with van der Waals surface area (Å²) in [5, 5.41) is 27.8. The predicted molar refractivity (Wildman–Crippen MR) is 78.5 cm³/mol. The Hall–Kier alpha value is -2.92. The first-order chi connectivity index (χ1) is 11.6. The zero-order valence-corrected chi connectivity index (χ0v) is 12.9. The minimum atomic E-state index is -0.577. The molecule has 24 heavy (non-hydrogen) atoms. The van der Waals surface area contributed by atoms with Crippen LogP contribution in [0.25, 0.3) is 0 Å². The van der Waals surface area contributed by atoms with Crippen LogP contribution in [0, 0.1) is 12.7 Å². The molecular formula is C12H10ClFN8O2. The van der Waals surface area contributed by atoms with Crippen LogP contribution in [0.1, 0.15) is 17.2 Å². The van der Waals surface area contributed by atoms with E-state index < -0.39 is 5.82 Å². The van der Waals surface area contributed by atoms with Gasteiger partial charge in [-0.15, -0.1) is 5.10 Å². The molecule has 0 bridgehead atoms. The number of nitrogens with zero attached hydrogens (tertiary/aromatic N) is 7. The highest BCUT2D eigenvalue weighted by Crippen LogP contribution is 2.22. The van der Waals surface area contributed by atoms with Crippen molar-refractivity contribution in [2.45, 2.75) is 13.5 Å². The normalized spacial score (nSPS) is 11.8. The van der Waals surface area contributed by atoms with Crippen molar-refractivity contribution < 1.29 is 14.2 Å². The van der Waals surface area contributed by atoms with Gasteiger partial charge in [-0.05, 0) is 40.7 Å². The molecule has 0 amide bonds. The van der Waals surface area contributed by atoms with Gasteiger partial charge in [-0.3, -0.25) is 10.7 Å². The van der Waals surface area contributed by atoms with Gasteiger partial charge < -0.3 is 0 Å². The molecule has 0 spiro atoms. The third-order valence-corrected chi connectivity index (χ3v) is 3.33. The summed E-state index contributed by atoms with van der Waals surface area (Å²) < 4.78 is 19.4. The topological polar surface area (TPSA) is 127 Å². The summed E-state index contributed by atoms with van der Waals surface area (Å²) in [6, 6.07) is 3.84. The number of benzene rings is 1. The minimum absolute atomic E-state index is 0.0559. The Balaban J connectivity index is 1.94. The molecular weight excluding hydrogens is 343 g/mol. The number of tetrazole rings is 1. The lowest BCUT2D eigenvalue weighted by atomic mass is 10.2. The van der Waals surface area contributed by atoms with Gasteiger partial charge in [0.05, 0.1) is 17.3 Å². The summed E-state index contributed by atoms with van der Waals surface area (Å²) >= 11 is 5.71. The van der Waals surface area contributed by atoms with Crippen LogP contribution < -0.4 is 5.48 Å². The second-order valence-electron chi connectivity index (χ2n) is 4.61. The minimum Gasteiger partial charge on any atom is -0.290 e. The maximum atomic E-state index is 13.2. The predicted octanol–water partition coefficient (Wildman–Crippen LogP) is 1.26. The van der Waals surface area contributed by atoms with E-state index in [1.807, 2.05) is 5.48 Å². The lowest BCUT2D eigenvalue weighted by molar-refractivity contribution is 0.234. The van der Waals surface area contributed by atoms with Gasteiger partial charge in [0.25, 0.3) is 0 Å². The van der Waals surface area contributed by atoms with E-state index in [0.29, 0.717) is 17.2 Å². The molecule has 2 heterocycles. The van der Waals surface area contributed by atoms with E-state index in [-0.39, 0.29) is 23.1 Å². The Morgan fingerprint density at radius 3 is 2.96 bits per heavy atom. The number of halogens is 2. The number of hydroxylamine groups is 1. The second-order valence-corrected chi connectivity index (χ2v) is 5.02. The van der Waals surface area contributed by atoms with Crippen molar-refractivity contribution in [3.8, 4) is 0 Å². The van der Waals surface area contributed by atoms with Crippen molar-refractivity contribution in [2.24, 2.45) is 4.99 Å². The van der Waals surface area contributed by atoms with Gasteiger partial charge in [0.1, 0.15) is 17.3 Å². The standard InChI is InChI=1S/C12H10ClFN8O2/c1-6-16-20-21-22(6)5-10-11(19-24-18-10)12(17-23)15-7-2-3-9(14)8(13)4-7/h2-4,23H,5H2,1H3,(H,15,17). The molecule has 10 nitrogen and oxygen atoms in total. The molecule has 1 aromatic carbocycles.